The molecule has 0 saturated heterocycles. The van der Waals surface area contributed by atoms with Crippen molar-refractivity contribution < 1.29 is 9.59 Å². The Labute approximate surface area is 126 Å². The van der Waals surface area contributed by atoms with Crippen LogP contribution in [0.25, 0.3) is 0 Å². The largest absolute Gasteiger partial charge is 0.295 e. The summed E-state index contributed by atoms with van der Waals surface area (Å²) >= 11 is 0. The van der Waals surface area contributed by atoms with Crippen LogP contribution >= 0.6 is 0 Å². The normalized spacial score (nSPS) is 44.9. The Balaban J connectivity index is 1.67. The Morgan fingerprint density at radius 1 is 1.14 bits per heavy atom. The monoisotopic (exact) mass is 284 g/mol. The third-order valence-corrected chi connectivity index (χ3v) is 6.96. The van der Waals surface area contributed by atoms with E-state index in [1.165, 1.54) is 18.4 Å². The van der Waals surface area contributed by atoms with Crippen LogP contribution in [0.15, 0.2) is 23.8 Å². The zero-order valence-electron chi connectivity index (χ0n) is 12.8. The van der Waals surface area contributed by atoms with Crippen LogP contribution in [0.2, 0.25) is 0 Å². The molecule has 0 aromatic heterocycles. The van der Waals surface area contributed by atoms with Gasteiger partial charge in [-0.15, -0.1) is 0 Å². The fourth-order valence-corrected chi connectivity index (χ4v) is 5.88. The Hall–Kier alpha value is -1.18. The van der Waals surface area contributed by atoms with Gasteiger partial charge in [-0.1, -0.05) is 18.6 Å². The molecule has 0 radical (unpaired) electrons. The van der Waals surface area contributed by atoms with Crippen LogP contribution in [0.3, 0.4) is 0 Å². The Bertz CT molecular complexity index is 556. The maximum atomic E-state index is 12.4. The minimum Gasteiger partial charge on any atom is -0.295 e. The van der Waals surface area contributed by atoms with Gasteiger partial charge in [-0.05, 0) is 74.3 Å². The van der Waals surface area contributed by atoms with E-state index < -0.39 is 0 Å². The van der Waals surface area contributed by atoms with Crippen LogP contribution in [0.5, 0.6) is 0 Å². The SMILES string of the molecule is CC[C@]12CCC3C4CCC(=O)C=C4CCC3C1C=CC2=O. The minimum absolute atomic E-state index is 0.0765. The molecule has 2 saturated carbocycles. The van der Waals surface area contributed by atoms with Crippen molar-refractivity contribution in [3.63, 3.8) is 0 Å². The van der Waals surface area contributed by atoms with E-state index in [4.69, 9.17) is 0 Å². The van der Waals surface area contributed by atoms with Crippen molar-refractivity contribution in [1.29, 1.82) is 0 Å². The lowest BCUT2D eigenvalue weighted by Crippen LogP contribution is -2.48. The molecule has 4 aliphatic carbocycles. The van der Waals surface area contributed by atoms with Crippen molar-refractivity contribution in [2.45, 2.75) is 51.9 Å². The molecule has 0 aromatic rings. The standard InChI is InChI=1S/C19H24O2/c1-2-19-10-9-15-14-6-4-13(20)11-12(14)3-5-16(15)17(19)7-8-18(19)21/h7-8,11,14-17H,2-6,9-10H2,1H3/t14?,15?,16?,17?,19-/m0/s1. The molecule has 4 rings (SSSR count). The average Bonchev–Trinajstić information content (AvgIpc) is 2.84. The maximum absolute atomic E-state index is 12.4. The lowest BCUT2D eigenvalue weighted by molar-refractivity contribution is -0.130. The molecule has 112 valence electrons. The van der Waals surface area contributed by atoms with Gasteiger partial charge in [-0.3, -0.25) is 9.59 Å². The molecule has 0 amide bonds. The molecule has 0 aliphatic heterocycles. The number of carbonyl (C=O) groups is 2. The molecule has 2 nitrogen and oxygen atoms in total. The highest BCUT2D eigenvalue weighted by molar-refractivity contribution is 5.98. The Kier molecular flexibility index (Phi) is 2.99. The summed E-state index contributed by atoms with van der Waals surface area (Å²) in [5, 5.41) is 0. The van der Waals surface area contributed by atoms with Gasteiger partial charge in [-0.2, -0.15) is 0 Å². The quantitative estimate of drug-likeness (QED) is 0.732. The van der Waals surface area contributed by atoms with Crippen LogP contribution < -0.4 is 0 Å². The van der Waals surface area contributed by atoms with Crippen LogP contribution in [0.4, 0.5) is 0 Å². The first-order valence-electron chi connectivity index (χ1n) is 8.61. The summed E-state index contributed by atoms with van der Waals surface area (Å²) in [6, 6.07) is 0. The fraction of sp³-hybridized carbons (Fsp3) is 0.684. The predicted molar refractivity (Wildman–Crippen MR) is 81.6 cm³/mol. The van der Waals surface area contributed by atoms with Gasteiger partial charge in [0.15, 0.2) is 11.6 Å². The molecular weight excluding hydrogens is 260 g/mol. The molecule has 0 bridgehead atoms. The molecule has 4 aliphatic rings. The van der Waals surface area contributed by atoms with E-state index in [0.29, 0.717) is 35.2 Å². The highest BCUT2D eigenvalue weighted by Gasteiger charge is 2.55. The second-order valence-electron chi connectivity index (χ2n) is 7.49. The van der Waals surface area contributed by atoms with Crippen molar-refractivity contribution >= 4 is 11.6 Å². The topological polar surface area (TPSA) is 34.1 Å². The van der Waals surface area contributed by atoms with E-state index in [1.807, 2.05) is 12.2 Å². The van der Waals surface area contributed by atoms with E-state index in [0.717, 1.165) is 32.1 Å². The first kappa shape index (κ1) is 13.5. The highest BCUT2D eigenvalue weighted by atomic mass is 16.1. The molecule has 4 unspecified atom stereocenters. The lowest BCUT2D eigenvalue weighted by Gasteiger charge is -2.52. The summed E-state index contributed by atoms with van der Waals surface area (Å²) < 4.78 is 0. The Morgan fingerprint density at radius 2 is 2.00 bits per heavy atom. The van der Waals surface area contributed by atoms with E-state index in [2.05, 4.69) is 13.0 Å². The van der Waals surface area contributed by atoms with Crippen molar-refractivity contribution in [3.05, 3.63) is 23.8 Å². The summed E-state index contributed by atoms with van der Waals surface area (Å²) in [7, 11) is 0. The number of ketones is 2. The van der Waals surface area contributed by atoms with Crippen LogP contribution in [0.1, 0.15) is 51.9 Å². The third-order valence-electron chi connectivity index (χ3n) is 6.96. The molecule has 0 N–H and O–H groups in total. The van der Waals surface area contributed by atoms with Gasteiger partial charge in [0.2, 0.25) is 0 Å². The first-order chi connectivity index (χ1) is 10.2. The summed E-state index contributed by atoms with van der Waals surface area (Å²) in [6.07, 6.45) is 13.3. The van der Waals surface area contributed by atoms with E-state index >= 15 is 0 Å². The second kappa shape index (κ2) is 4.66. The number of fused-ring (bicyclic) bond motifs is 5. The van der Waals surface area contributed by atoms with Crippen molar-refractivity contribution in [2.24, 2.45) is 29.1 Å². The average molecular weight is 284 g/mol. The highest BCUT2D eigenvalue weighted by Crippen LogP contribution is 2.59. The molecule has 0 heterocycles. The van der Waals surface area contributed by atoms with Crippen molar-refractivity contribution in [2.75, 3.05) is 0 Å². The predicted octanol–water partition coefficient (Wildman–Crippen LogP) is 3.86. The molecule has 5 atom stereocenters. The first-order valence-corrected chi connectivity index (χ1v) is 8.61. The fourth-order valence-electron chi connectivity index (χ4n) is 5.88. The zero-order valence-corrected chi connectivity index (χ0v) is 12.8. The molecule has 21 heavy (non-hydrogen) atoms. The van der Waals surface area contributed by atoms with Crippen molar-refractivity contribution in [3.8, 4) is 0 Å². The number of hydrogen-bond donors (Lipinski definition) is 0. The van der Waals surface area contributed by atoms with Gasteiger partial charge in [-0.25, -0.2) is 0 Å². The van der Waals surface area contributed by atoms with Gasteiger partial charge >= 0.3 is 0 Å². The maximum Gasteiger partial charge on any atom is 0.162 e. The summed E-state index contributed by atoms with van der Waals surface area (Å²) in [5.74, 6) is 3.17. The Morgan fingerprint density at radius 3 is 2.81 bits per heavy atom. The molecule has 0 aromatic carbocycles. The van der Waals surface area contributed by atoms with Gasteiger partial charge in [0.25, 0.3) is 0 Å². The third kappa shape index (κ3) is 1.77. The number of hydrogen-bond acceptors (Lipinski definition) is 2. The molecule has 2 fully saturated rings. The zero-order chi connectivity index (χ0) is 14.6. The van der Waals surface area contributed by atoms with Crippen molar-refractivity contribution in [1.82, 2.24) is 0 Å². The lowest BCUT2D eigenvalue weighted by atomic mass is 9.51. The van der Waals surface area contributed by atoms with Crippen LogP contribution in [0, 0.1) is 29.1 Å². The smallest absolute Gasteiger partial charge is 0.162 e. The number of rotatable bonds is 1. The second-order valence-corrected chi connectivity index (χ2v) is 7.49. The van der Waals surface area contributed by atoms with Gasteiger partial charge in [0, 0.05) is 11.8 Å². The molecular formula is C19H24O2. The summed E-state index contributed by atoms with van der Waals surface area (Å²) in [4.78, 5) is 24.1. The van der Waals surface area contributed by atoms with Gasteiger partial charge < -0.3 is 0 Å². The van der Waals surface area contributed by atoms with E-state index in [9.17, 15) is 9.59 Å². The van der Waals surface area contributed by atoms with E-state index in [-0.39, 0.29) is 5.41 Å². The summed E-state index contributed by atoms with van der Waals surface area (Å²) in [6.45, 7) is 2.19. The molecule has 0 spiro atoms. The number of carbonyl (C=O) groups excluding carboxylic acids is 2. The molecule has 2 heteroatoms. The van der Waals surface area contributed by atoms with Crippen LogP contribution in [-0.2, 0) is 9.59 Å². The summed E-state index contributed by atoms with van der Waals surface area (Å²) in [5.41, 5.74) is 1.34. The van der Waals surface area contributed by atoms with Gasteiger partial charge in [0.05, 0.1) is 0 Å². The van der Waals surface area contributed by atoms with Crippen LogP contribution in [-0.4, -0.2) is 11.6 Å². The van der Waals surface area contributed by atoms with Gasteiger partial charge in [0.1, 0.15) is 0 Å². The number of allylic oxidation sites excluding steroid dienone is 4. The van der Waals surface area contributed by atoms with E-state index in [1.54, 1.807) is 0 Å². The minimum atomic E-state index is -0.0765.